The Kier molecular flexibility index (Phi) is 5.82. The predicted molar refractivity (Wildman–Crippen MR) is 117 cm³/mol. The van der Waals surface area contributed by atoms with Crippen molar-refractivity contribution in [3.63, 3.8) is 0 Å². The number of hydrogen-bond donors (Lipinski definition) is 1. The van der Waals surface area contributed by atoms with Crippen molar-refractivity contribution in [3.8, 4) is 22.8 Å². The number of nitro groups is 1. The van der Waals surface area contributed by atoms with E-state index in [9.17, 15) is 14.9 Å². The number of nitro benzene ring substituents is 1. The maximum absolute atomic E-state index is 12.6. The lowest BCUT2D eigenvalue weighted by atomic mass is 10.1. The first-order valence-electron chi connectivity index (χ1n) is 9.03. The fraction of sp³-hybridized carbons (Fsp3) is 0.158. The highest BCUT2D eigenvalue weighted by atomic mass is 32.2. The number of anilines is 1. The number of nitrogens with zero attached hydrogens (tertiary/aromatic N) is 5. The molecule has 3 heterocycles. The summed E-state index contributed by atoms with van der Waals surface area (Å²) in [6, 6.07) is 9.75. The van der Waals surface area contributed by atoms with Crippen LogP contribution in [0.2, 0.25) is 0 Å². The maximum atomic E-state index is 12.6. The van der Waals surface area contributed by atoms with Crippen molar-refractivity contribution in [2.24, 2.45) is 7.05 Å². The predicted octanol–water partition coefficient (Wildman–Crippen LogP) is 4.23. The van der Waals surface area contributed by atoms with Gasteiger partial charge in [0.2, 0.25) is 5.91 Å². The molecule has 31 heavy (non-hydrogen) atoms. The summed E-state index contributed by atoms with van der Waals surface area (Å²) in [5, 5.41) is 24.3. The SMILES string of the molecule is C[C@H](Sc1nnc(-c2ccco2)n1C)C(=O)Nc1nc(-c2cccc([N+](=O)[O-])c2)cs1. The maximum Gasteiger partial charge on any atom is 0.270 e. The van der Waals surface area contributed by atoms with Crippen LogP contribution in [0.4, 0.5) is 10.8 Å². The zero-order valence-electron chi connectivity index (χ0n) is 16.4. The van der Waals surface area contributed by atoms with E-state index in [2.05, 4.69) is 20.5 Å². The Morgan fingerprint density at radius 3 is 2.90 bits per heavy atom. The lowest BCUT2D eigenvalue weighted by molar-refractivity contribution is -0.384. The van der Waals surface area contributed by atoms with Gasteiger partial charge in [-0.2, -0.15) is 0 Å². The normalized spacial score (nSPS) is 11.9. The van der Waals surface area contributed by atoms with Crippen LogP contribution in [0.15, 0.2) is 57.6 Å². The molecule has 4 rings (SSSR count). The molecule has 1 amide bonds. The fourth-order valence-electron chi connectivity index (χ4n) is 2.70. The molecule has 0 aliphatic heterocycles. The number of nitrogens with one attached hydrogen (secondary N) is 1. The molecule has 0 bridgehead atoms. The zero-order valence-corrected chi connectivity index (χ0v) is 18.0. The summed E-state index contributed by atoms with van der Waals surface area (Å²) in [6.45, 7) is 1.76. The molecular formula is C19H16N6O4S2. The topological polar surface area (TPSA) is 129 Å². The number of hydrogen-bond acceptors (Lipinski definition) is 9. The van der Waals surface area contributed by atoms with Crippen molar-refractivity contribution < 1.29 is 14.1 Å². The summed E-state index contributed by atoms with van der Waals surface area (Å²) >= 11 is 2.51. The number of amides is 1. The molecular weight excluding hydrogens is 440 g/mol. The van der Waals surface area contributed by atoms with Crippen molar-refractivity contribution in [3.05, 3.63) is 58.2 Å². The lowest BCUT2D eigenvalue weighted by Crippen LogP contribution is -2.22. The number of thiazole rings is 1. The van der Waals surface area contributed by atoms with Crippen LogP contribution in [0.1, 0.15) is 6.92 Å². The van der Waals surface area contributed by atoms with Gasteiger partial charge < -0.3 is 14.3 Å². The fourth-order valence-corrected chi connectivity index (χ4v) is 4.24. The Morgan fingerprint density at radius 2 is 2.16 bits per heavy atom. The van der Waals surface area contributed by atoms with Gasteiger partial charge in [-0.3, -0.25) is 14.9 Å². The number of aromatic nitrogens is 4. The second-order valence-electron chi connectivity index (χ2n) is 6.44. The quantitative estimate of drug-likeness (QED) is 0.248. The molecule has 1 atom stereocenters. The number of thioether (sulfide) groups is 1. The van der Waals surface area contributed by atoms with E-state index in [4.69, 9.17) is 4.42 Å². The second kappa shape index (κ2) is 8.70. The molecule has 0 radical (unpaired) electrons. The van der Waals surface area contributed by atoms with E-state index < -0.39 is 10.2 Å². The number of rotatable bonds is 7. The molecule has 0 aliphatic rings. The highest BCUT2D eigenvalue weighted by Crippen LogP contribution is 2.29. The molecule has 0 saturated heterocycles. The summed E-state index contributed by atoms with van der Waals surface area (Å²) in [7, 11) is 1.80. The van der Waals surface area contributed by atoms with Gasteiger partial charge >= 0.3 is 0 Å². The third kappa shape index (κ3) is 4.49. The lowest BCUT2D eigenvalue weighted by Gasteiger charge is -2.09. The minimum atomic E-state index is -0.461. The van der Waals surface area contributed by atoms with Gasteiger partial charge in [0.15, 0.2) is 21.9 Å². The average Bonchev–Trinajstić information content (AvgIpc) is 3.50. The largest absolute Gasteiger partial charge is 0.461 e. The van der Waals surface area contributed by atoms with Gasteiger partial charge in [0.1, 0.15) is 0 Å². The third-order valence-corrected chi connectivity index (χ3v) is 6.21. The van der Waals surface area contributed by atoms with Gasteiger partial charge in [0, 0.05) is 30.1 Å². The van der Waals surface area contributed by atoms with Crippen LogP contribution in [0.25, 0.3) is 22.8 Å². The van der Waals surface area contributed by atoms with Crippen LogP contribution in [-0.2, 0) is 11.8 Å². The number of furan rings is 1. The number of carbonyl (C=O) groups is 1. The third-order valence-electron chi connectivity index (χ3n) is 4.31. The van der Waals surface area contributed by atoms with Crippen molar-refractivity contribution in [1.82, 2.24) is 19.7 Å². The van der Waals surface area contributed by atoms with Gasteiger partial charge in [0.25, 0.3) is 5.69 Å². The summed E-state index contributed by atoms with van der Waals surface area (Å²) in [6.07, 6.45) is 1.56. The molecule has 10 nitrogen and oxygen atoms in total. The molecule has 0 unspecified atom stereocenters. The smallest absolute Gasteiger partial charge is 0.270 e. The van der Waals surface area contributed by atoms with Gasteiger partial charge in [-0.1, -0.05) is 23.9 Å². The summed E-state index contributed by atoms with van der Waals surface area (Å²) in [5.41, 5.74) is 1.15. The molecule has 1 aromatic carbocycles. The molecule has 12 heteroatoms. The van der Waals surface area contributed by atoms with Crippen molar-refractivity contribution in [2.45, 2.75) is 17.3 Å². The minimum Gasteiger partial charge on any atom is -0.461 e. The standard InChI is InChI=1S/C19H16N6O4S2/c1-11(31-19-23-22-16(24(19)2)15-7-4-8-29-15)17(26)21-18-20-14(10-30-18)12-5-3-6-13(9-12)25(27)28/h3-11H,1-2H3,(H,20,21,26)/t11-/m0/s1. The average molecular weight is 457 g/mol. The van der Waals surface area contributed by atoms with Crippen LogP contribution < -0.4 is 5.32 Å². The van der Waals surface area contributed by atoms with Gasteiger partial charge in [0.05, 0.1) is 22.1 Å². The molecule has 0 saturated carbocycles. The molecule has 0 aliphatic carbocycles. The van der Waals surface area contributed by atoms with Crippen molar-refractivity contribution >= 4 is 39.8 Å². The molecule has 0 spiro atoms. The summed E-state index contributed by atoms with van der Waals surface area (Å²) in [4.78, 5) is 27.5. The number of carbonyl (C=O) groups excluding carboxylic acids is 1. The Hall–Kier alpha value is -3.51. The summed E-state index contributed by atoms with van der Waals surface area (Å²) in [5.74, 6) is 0.921. The van der Waals surface area contributed by atoms with Crippen LogP contribution in [-0.4, -0.2) is 35.8 Å². The van der Waals surface area contributed by atoms with Crippen LogP contribution >= 0.6 is 23.1 Å². The highest BCUT2D eigenvalue weighted by molar-refractivity contribution is 8.00. The van der Waals surface area contributed by atoms with E-state index in [-0.39, 0.29) is 11.6 Å². The van der Waals surface area contributed by atoms with E-state index >= 15 is 0 Å². The van der Waals surface area contributed by atoms with E-state index in [1.807, 2.05) is 0 Å². The van der Waals surface area contributed by atoms with Crippen LogP contribution in [0.3, 0.4) is 0 Å². The molecule has 0 fully saturated rings. The first kappa shape index (κ1) is 20.8. The zero-order chi connectivity index (χ0) is 22.0. The van der Waals surface area contributed by atoms with E-state index in [0.717, 1.165) is 0 Å². The van der Waals surface area contributed by atoms with Crippen LogP contribution in [0.5, 0.6) is 0 Å². The molecule has 158 valence electrons. The van der Waals surface area contributed by atoms with Crippen LogP contribution in [0, 0.1) is 10.1 Å². The molecule has 3 aromatic heterocycles. The second-order valence-corrected chi connectivity index (χ2v) is 8.60. The number of non-ortho nitro benzene ring substituents is 1. The first-order chi connectivity index (χ1) is 14.9. The Balaban J connectivity index is 1.42. The van der Waals surface area contributed by atoms with E-state index in [1.54, 1.807) is 54.4 Å². The van der Waals surface area contributed by atoms with E-state index in [0.29, 0.717) is 33.1 Å². The minimum absolute atomic E-state index is 0.0151. The van der Waals surface area contributed by atoms with Gasteiger partial charge in [-0.05, 0) is 19.1 Å². The Bertz CT molecular complexity index is 1230. The van der Waals surface area contributed by atoms with Gasteiger partial charge in [-0.25, -0.2) is 4.98 Å². The Morgan fingerprint density at radius 1 is 1.32 bits per heavy atom. The Labute approximate surface area is 184 Å². The first-order valence-corrected chi connectivity index (χ1v) is 10.8. The summed E-state index contributed by atoms with van der Waals surface area (Å²) < 4.78 is 7.11. The monoisotopic (exact) mass is 456 g/mol. The number of benzene rings is 1. The van der Waals surface area contributed by atoms with Crippen molar-refractivity contribution in [2.75, 3.05) is 5.32 Å². The molecule has 1 N–H and O–H groups in total. The van der Waals surface area contributed by atoms with Gasteiger partial charge in [-0.15, -0.1) is 21.5 Å². The molecule has 4 aromatic rings. The van der Waals surface area contributed by atoms with E-state index in [1.165, 1.54) is 35.2 Å². The van der Waals surface area contributed by atoms with Crippen molar-refractivity contribution in [1.29, 1.82) is 0 Å². The highest BCUT2D eigenvalue weighted by Gasteiger charge is 2.21.